The maximum Gasteiger partial charge on any atom is 0.270 e. The highest BCUT2D eigenvalue weighted by Crippen LogP contribution is 2.40. The molecule has 262 valence electrons. The first kappa shape index (κ1) is 32.4. The number of pyridine rings is 2. The molecule has 0 atom stereocenters. The summed E-state index contributed by atoms with van der Waals surface area (Å²) in [5, 5.41) is 8.29. The van der Waals surface area contributed by atoms with Gasteiger partial charge in [0.2, 0.25) is 5.91 Å². The van der Waals surface area contributed by atoms with Gasteiger partial charge in [0.15, 0.2) is 17.4 Å². The first-order valence-corrected chi connectivity index (χ1v) is 17.3. The van der Waals surface area contributed by atoms with Crippen molar-refractivity contribution < 1.29 is 23.5 Å². The number of aryl methyl sites for hydroxylation is 1. The fraction of sp³-hybridized carbons (Fsp3) is 0.351. The third kappa shape index (κ3) is 6.60. The Hall–Kier alpha value is -5.79. The minimum atomic E-state index is -0.479. The Bertz CT molecular complexity index is 2100. The second-order valence-corrected chi connectivity index (χ2v) is 13.0. The fourth-order valence-electron chi connectivity index (χ4n) is 6.84. The van der Waals surface area contributed by atoms with Crippen LogP contribution >= 0.6 is 0 Å². The van der Waals surface area contributed by atoms with Crippen molar-refractivity contribution in [2.45, 2.75) is 38.3 Å². The number of benzene rings is 1. The summed E-state index contributed by atoms with van der Waals surface area (Å²) in [6, 6.07) is 9.15. The first-order chi connectivity index (χ1) is 25.0. The number of hydrogen-bond acceptors (Lipinski definition) is 9. The molecule has 0 unspecified atom stereocenters. The van der Waals surface area contributed by atoms with E-state index in [0.717, 1.165) is 24.4 Å². The summed E-state index contributed by atoms with van der Waals surface area (Å²) in [5.74, 6) is 1.34. The minimum absolute atomic E-state index is 0.0452. The molecule has 0 bridgehead atoms. The predicted octanol–water partition coefficient (Wildman–Crippen LogP) is 4.57. The van der Waals surface area contributed by atoms with Gasteiger partial charge in [-0.25, -0.2) is 9.37 Å². The molecule has 8 rings (SSSR count). The molecular weight excluding hydrogens is 653 g/mol. The Labute approximate surface area is 293 Å². The van der Waals surface area contributed by atoms with Crippen LogP contribution in [0, 0.1) is 5.82 Å². The van der Waals surface area contributed by atoms with E-state index in [1.807, 2.05) is 24.3 Å². The Balaban J connectivity index is 1.07. The number of methoxy groups -OCH3 is 1. The molecule has 4 aromatic heterocycles. The molecule has 5 aromatic rings. The van der Waals surface area contributed by atoms with Gasteiger partial charge in [0.1, 0.15) is 11.4 Å². The van der Waals surface area contributed by atoms with E-state index in [1.54, 1.807) is 64.7 Å². The summed E-state index contributed by atoms with van der Waals surface area (Å²) in [6.45, 7) is 3.33. The molecule has 1 saturated carbocycles. The lowest BCUT2D eigenvalue weighted by atomic mass is 9.93. The van der Waals surface area contributed by atoms with E-state index in [9.17, 15) is 9.59 Å². The number of hydrogen-bond donors (Lipinski definition) is 1. The van der Waals surface area contributed by atoms with Crippen LogP contribution in [0.2, 0.25) is 0 Å². The summed E-state index contributed by atoms with van der Waals surface area (Å²) in [5.41, 5.74) is 2.97. The fourth-order valence-corrected chi connectivity index (χ4v) is 6.84. The Morgan fingerprint density at radius 3 is 2.63 bits per heavy atom. The summed E-state index contributed by atoms with van der Waals surface area (Å²) in [4.78, 5) is 44.8. The quantitative estimate of drug-likeness (QED) is 0.224. The van der Waals surface area contributed by atoms with Crippen LogP contribution in [0.3, 0.4) is 0 Å². The number of nitrogens with zero attached hydrogens (tertiary/aromatic N) is 8. The number of aromatic amines is 1. The van der Waals surface area contributed by atoms with Crippen LogP contribution in [-0.4, -0.2) is 104 Å². The zero-order valence-corrected chi connectivity index (χ0v) is 28.3. The van der Waals surface area contributed by atoms with Gasteiger partial charge in [-0.2, -0.15) is 0 Å². The highest BCUT2D eigenvalue weighted by atomic mass is 19.1. The van der Waals surface area contributed by atoms with E-state index in [-0.39, 0.29) is 36.4 Å². The van der Waals surface area contributed by atoms with Crippen molar-refractivity contribution in [3.05, 3.63) is 84.5 Å². The standard InChI is InChI=1S/C37H38FN9O4/c1-50-32-22-39-11-8-26(32)28-20-27(24-4-3-13-46(23-24)33(48)9-14-47-15-12-41-43-47)34(38)35-29(28)21-30(42-35)37(49)45-18-16-44(17-19-45)36-31(5-2-10-40-36)51-25-6-7-25/h2,4-5,8,10-12,15,20-22,25,42H,3,6-7,9,13-14,16-19,23H2,1H3. The number of aromatic nitrogens is 6. The molecule has 2 fully saturated rings. The van der Waals surface area contributed by atoms with Gasteiger partial charge in [0, 0.05) is 80.8 Å². The van der Waals surface area contributed by atoms with Gasteiger partial charge in [0.05, 0.1) is 37.7 Å². The largest absolute Gasteiger partial charge is 0.494 e. The van der Waals surface area contributed by atoms with Crippen LogP contribution in [0.4, 0.5) is 10.2 Å². The molecule has 1 aliphatic carbocycles. The zero-order chi connectivity index (χ0) is 34.9. The smallest absolute Gasteiger partial charge is 0.270 e. The lowest BCUT2D eigenvalue weighted by Crippen LogP contribution is -2.49. The average molecular weight is 692 g/mol. The Morgan fingerprint density at radius 2 is 1.84 bits per heavy atom. The molecule has 2 amide bonds. The number of piperazine rings is 1. The zero-order valence-electron chi connectivity index (χ0n) is 28.3. The molecule has 0 spiro atoms. The second kappa shape index (κ2) is 13.8. The number of rotatable bonds is 10. The summed E-state index contributed by atoms with van der Waals surface area (Å²) in [6.07, 6.45) is 13.5. The molecule has 1 aromatic carbocycles. The van der Waals surface area contributed by atoms with Crippen molar-refractivity contribution >= 4 is 34.1 Å². The lowest BCUT2D eigenvalue weighted by molar-refractivity contribution is -0.131. The van der Waals surface area contributed by atoms with Gasteiger partial charge >= 0.3 is 0 Å². The van der Waals surface area contributed by atoms with E-state index >= 15 is 4.39 Å². The van der Waals surface area contributed by atoms with Gasteiger partial charge in [-0.1, -0.05) is 11.3 Å². The highest BCUT2D eigenvalue weighted by molar-refractivity contribution is 6.05. The molecule has 2 aliphatic heterocycles. The lowest BCUT2D eigenvalue weighted by Gasteiger charge is -2.35. The number of anilines is 1. The van der Waals surface area contributed by atoms with E-state index in [1.165, 1.54) is 0 Å². The SMILES string of the molecule is COc1cnccc1-c1cc(C2=CCCN(C(=O)CCn3ccnn3)C2)c(F)c2[nH]c(C(=O)N3CCN(c4ncccc4OC4CC4)CC3)cc12. The summed E-state index contributed by atoms with van der Waals surface area (Å²) >= 11 is 0. The Kier molecular flexibility index (Phi) is 8.80. The van der Waals surface area contributed by atoms with Crippen LogP contribution in [0.25, 0.3) is 27.6 Å². The van der Waals surface area contributed by atoms with Crippen LogP contribution in [-0.2, 0) is 11.3 Å². The third-order valence-corrected chi connectivity index (χ3v) is 9.69. The average Bonchev–Trinajstić information content (AvgIpc) is 3.62. The van der Waals surface area contributed by atoms with E-state index < -0.39 is 5.82 Å². The maximum atomic E-state index is 16.7. The van der Waals surface area contributed by atoms with Gasteiger partial charge in [-0.3, -0.25) is 19.3 Å². The van der Waals surface area contributed by atoms with Gasteiger partial charge in [-0.15, -0.1) is 5.10 Å². The van der Waals surface area contributed by atoms with Crippen molar-refractivity contribution in [2.24, 2.45) is 0 Å². The second-order valence-electron chi connectivity index (χ2n) is 13.0. The van der Waals surface area contributed by atoms with Crippen LogP contribution in [0.1, 0.15) is 41.7 Å². The van der Waals surface area contributed by atoms with Crippen LogP contribution in [0.5, 0.6) is 11.5 Å². The van der Waals surface area contributed by atoms with E-state index in [0.29, 0.717) is 84.8 Å². The molecular formula is C37H38FN9O4. The van der Waals surface area contributed by atoms with E-state index in [4.69, 9.17) is 9.47 Å². The van der Waals surface area contributed by atoms with E-state index in [2.05, 4.69) is 30.2 Å². The van der Waals surface area contributed by atoms with Gasteiger partial charge in [-0.05, 0) is 60.7 Å². The molecule has 1 N–H and O–H groups in total. The molecule has 6 heterocycles. The number of H-pyrrole nitrogens is 1. The van der Waals surface area contributed by atoms with Crippen LogP contribution in [0.15, 0.2) is 67.4 Å². The molecule has 51 heavy (non-hydrogen) atoms. The summed E-state index contributed by atoms with van der Waals surface area (Å²) in [7, 11) is 1.56. The number of nitrogens with one attached hydrogen (secondary N) is 1. The number of halogens is 1. The van der Waals surface area contributed by atoms with Crippen molar-refractivity contribution in [1.29, 1.82) is 0 Å². The number of carbonyl (C=O) groups is 2. The summed E-state index contributed by atoms with van der Waals surface area (Å²) < 4.78 is 30.1. The minimum Gasteiger partial charge on any atom is -0.494 e. The number of ether oxygens (including phenoxy) is 2. The number of amides is 2. The number of fused-ring (bicyclic) bond motifs is 1. The van der Waals surface area contributed by atoms with Gasteiger partial charge in [0.25, 0.3) is 5.91 Å². The molecule has 0 radical (unpaired) electrons. The molecule has 3 aliphatic rings. The molecule has 14 heteroatoms. The van der Waals surface area contributed by atoms with Crippen molar-refractivity contribution in [2.75, 3.05) is 51.3 Å². The normalized spacial score (nSPS) is 16.4. The predicted molar refractivity (Wildman–Crippen MR) is 188 cm³/mol. The van der Waals surface area contributed by atoms with Crippen molar-refractivity contribution in [3.63, 3.8) is 0 Å². The molecule has 1 saturated heterocycles. The van der Waals surface area contributed by atoms with Crippen LogP contribution < -0.4 is 14.4 Å². The highest BCUT2D eigenvalue weighted by Gasteiger charge is 2.30. The maximum absolute atomic E-state index is 16.7. The van der Waals surface area contributed by atoms with Crippen molar-refractivity contribution in [1.82, 2.24) is 39.7 Å². The Morgan fingerprint density at radius 1 is 0.980 bits per heavy atom. The van der Waals surface area contributed by atoms with Crippen molar-refractivity contribution in [3.8, 4) is 22.6 Å². The molecule has 13 nitrogen and oxygen atoms in total. The topological polar surface area (TPSA) is 135 Å². The monoisotopic (exact) mass is 691 g/mol. The first-order valence-electron chi connectivity index (χ1n) is 17.3. The number of carbonyl (C=O) groups excluding carboxylic acids is 2. The third-order valence-electron chi connectivity index (χ3n) is 9.69. The van der Waals surface area contributed by atoms with Gasteiger partial charge < -0.3 is 29.2 Å².